The molecule has 0 bridgehead atoms. The quantitative estimate of drug-likeness (QED) is 0.840. The number of alkyl carbamates (subject to hydrolysis) is 1. The van der Waals surface area contributed by atoms with Crippen LogP contribution in [0.4, 0.5) is 4.79 Å². The van der Waals surface area contributed by atoms with Gasteiger partial charge in [0.25, 0.3) is 0 Å². The second kappa shape index (κ2) is 6.15. The molecule has 1 rings (SSSR count). The zero-order chi connectivity index (χ0) is 13.8. The van der Waals surface area contributed by atoms with Crippen LogP contribution in [0.5, 0.6) is 0 Å². The van der Waals surface area contributed by atoms with Crippen molar-refractivity contribution in [2.75, 3.05) is 6.61 Å². The number of hydrogen-bond acceptors (Lipinski definition) is 4. The number of aromatic nitrogens is 1. The van der Waals surface area contributed by atoms with Gasteiger partial charge in [0.15, 0.2) is 0 Å². The molecule has 1 atom stereocenters. The first-order valence-electron chi connectivity index (χ1n) is 5.53. The molecule has 0 fully saturated rings. The van der Waals surface area contributed by atoms with Crippen LogP contribution in [0, 0.1) is 0 Å². The predicted molar refractivity (Wildman–Crippen MR) is 71.1 cm³/mol. The Morgan fingerprint density at radius 2 is 2.28 bits per heavy atom. The van der Waals surface area contributed by atoms with Crippen molar-refractivity contribution >= 4 is 22.0 Å². The molecule has 0 aromatic carbocycles. The Bertz CT molecular complexity index is 418. The SMILES string of the molecule is CC(C)(C)OC(=O)N[C@@H](CO)c1ccnc(Br)c1. The molecule has 0 saturated carbocycles. The fraction of sp³-hybridized carbons (Fsp3) is 0.500. The lowest BCUT2D eigenvalue weighted by atomic mass is 10.1. The van der Waals surface area contributed by atoms with E-state index in [-0.39, 0.29) is 6.61 Å². The Kier molecular flexibility index (Phi) is 5.10. The molecular formula is C12H17BrN2O3. The molecule has 18 heavy (non-hydrogen) atoms. The Hall–Kier alpha value is -1.14. The van der Waals surface area contributed by atoms with E-state index in [1.807, 2.05) is 0 Å². The normalized spacial score (nSPS) is 12.9. The summed E-state index contributed by atoms with van der Waals surface area (Å²) >= 11 is 3.24. The average molecular weight is 317 g/mol. The Morgan fingerprint density at radius 3 is 2.78 bits per heavy atom. The molecule has 100 valence electrons. The lowest BCUT2D eigenvalue weighted by molar-refractivity contribution is 0.0482. The summed E-state index contributed by atoms with van der Waals surface area (Å²) in [7, 11) is 0. The van der Waals surface area contributed by atoms with Crippen molar-refractivity contribution in [1.82, 2.24) is 10.3 Å². The van der Waals surface area contributed by atoms with Crippen molar-refractivity contribution in [2.45, 2.75) is 32.4 Å². The number of nitrogens with one attached hydrogen (secondary N) is 1. The summed E-state index contributed by atoms with van der Waals surface area (Å²) in [6, 6.07) is 2.94. The number of amides is 1. The molecule has 0 aliphatic rings. The third-order valence-corrected chi connectivity index (χ3v) is 2.46. The van der Waals surface area contributed by atoms with Gasteiger partial charge in [-0.25, -0.2) is 9.78 Å². The molecule has 2 N–H and O–H groups in total. The number of carbonyl (C=O) groups excluding carboxylic acids is 1. The van der Waals surface area contributed by atoms with E-state index < -0.39 is 17.7 Å². The minimum Gasteiger partial charge on any atom is -0.444 e. The van der Waals surface area contributed by atoms with E-state index in [1.54, 1.807) is 39.1 Å². The van der Waals surface area contributed by atoms with E-state index in [4.69, 9.17) is 4.74 Å². The van der Waals surface area contributed by atoms with Crippen molar-refractivity contribution in [2.24, 2.45) is 0 Å². The number of aliphatic hydroxyl groups excluding tert-OH is 1. The van der Waals surface area contributed by atoms with E-state index in [0.717, 1.165) is 5.56 Å². The summed E-state index contributed by atoms with van der Waals surface area (Å²) < 4.78 is 5.78. The third kappa shape index (κ3) is 5.01. The molecule has 1 aromatic rings. The molecule has 0 aliphatic heterocycles. The Balaban J connectivity index is 2.71. The Morgan fingerprint density at radius 1 is 1.61 bits per heavy atom. The molecule has 6 heteroatoms. The standard InChI is InChI=1S/C12H17BrN2O3/c1-12(2,3)18-11(17)15-9(7-16)8-4-5-14-10(13)6-8/h4-6,9,16H,7H2,1-3H3,(H,15,17)/t9-/m0/s1. The average Bonchev–Trinajstić information content (AvgIpc) is 2.23. The predicted octanol–water partition coefficient (Wildman–Crippen LogP) is 2.40. The van der Waals surface area contributed by atoms with Gasteiger partial charge in [-0.05, 0) is 54.4 Å². The van der Waals surface area contributed by atoms with Crippen molar-refractivity contribution in [3.8, 4) is 0 Å². The molecule has 1 aromatic heterocycles. The zero-order valence-electron chi connectivity index (χ0n) is 10.6. The number of aliphatic hydroxyl groups is 1. The van der Waals surface area contributed by atoms with Gasteiger partial charge in [-0.3, -0.25) is 0 Å². The lowest BCUT2D eigenvalue weighted by Gasteiger charge is -2.23. The van der Waals surface area contributed by atoms with Gasteiger partial charge in [0.05, 0.1) is 12.6 Å². The van der Waals surface area contributed by atoms with Gasteiger partial charge in [0, 0.05) is 6.20 Å². The van der Waals surface area contributed by atoms with Crippen molar-refractivity contribution in [3.63, 3.8) is 0 Å². The number of rotatable bonds is 3. The molecule has 0 aliphatic carbocycles. The van der Waals surface area contributed by atoms with Gasteiger partial charge in [-0.15, -0.1) is 0 Å². The molecule has 0 radical (unpaired) electrons. The van der Waals surface area contributed by atoms with Crippen LogP contribution in [0.25, 0.3) is 0 Å². The number of nitrogens with zero attached hydrogens (tertiary/aromatic N) is 1. The van der Waals surface area contributed by atoms with E-state index in [9.17, 15) is 9.90 Å². The van der Waals surface area contributed by atoms with Crippen molar-refractivity contribution < 1.29 is 14.6 Å². The highest BCUT2D eigenvalue weighted by Gasteiger charge is 2.20. The number of hydrogen-bond donors (Lipinski definition) is 2. The number of pyridine rings is 1. The lowest BCUT2D eigenvalue weighted by Crippen LogP contribution is -2.36. The largest absolute Gasteiger partial charge is 0.444 e. The van der Waals surface area contributed by atoms with Crippen LogP contribution < -0.4 is 5.32 Å². The molecule has 1 amide bonds. The fourth-order valence-corrected chi connectivity index (χ4v) is 1.70. The monoisotopic (exact) mass is 316 g/mol. The van der Waals surface area contributed by atoms with Crippen LogP contribution in [0.3, 0.4) is 0 Å². The van der Waals surface area contributed by atoms with E-state index in [0.29, 0.717) is 4.60 Å². The Labute approximate surface area is 115 Å². The molecule has 0 saturated heterocycles. The maximum atomic E-state index is 11.6. The van der Waals surface area contributed by atoms with Gasteiger partial charge in [-0.2, -0.15) is 0 Å². The first-order valence-corrected chi connectivity index (χ1v) is 6.33. The second-order valence-corrected chi connectivity index (χ2v) is 5.61. The third-order valence-electron chi connectivity index (χ3n) is 2.03. The second-order valence-electron chi connectivity index (χ2n) is 4.79. The molecular weight excluding hydrogens is 300 g/mol. The highest BCUT2D eigenvalue weighted by atomic mass is 79.9. The van der Waals surface area contributed by atoms with Gasteiger partial charge in [0.2, 0.25) is 0 Å². The minimum atomic E-state index is -0.567. The first kappa shape index (κ1) is 14.9. The van der Waals surface area contributed by atoms with Gasteiger partial charge in [-0.1, -0.05) is 0 Å². The zero-order valence-corrected chi connectivity index (χ0v) is 12.2. The smallest absolute Gasteiger partial charge is 0.408 e. The summed E-state index contributed by atoms with van der Waals surface area (Å²) in [6.07, 6.45) is 1.04. The number of halogens is 1. The topological polar surface area (TPSA) is 71.5 Å². The first-order chi connectivity index (χ1) is 8.31. The van der Waals surface area contributed by atoms with E-state index in [1.165, 1.54) is 0 Å². The highest BCUT2D eigenvalue weighted by Crippen LogP contribution is 2.16. The molecule has 0 spiro atoms. The van der Waals surface area contributed by atoms with E-state index >= 15 is 0 Å². The van der Waals surface area contributed by atoms with Crippen molar-refractivity contribution in [3.05, 3.63) is 28.5 Å². The van der Waals surface area contributed by atoms with Crippen molar-refractivity contribution in [1.29, 1.82) is 0 Å². The molecule has 0 unspecified atom stereocenters. The van der Waals surface area contributed by atoms with Crippen LogP contribution in [-0.2, 0) is 4.74 Å². The van der Waals surface area contributed by atoms with Gasteiger partial charge in [0.1, 0.15) is 10.2 Å². The maximum absolute atomic E-state index is 11.6. The maximum Gasteiger partial charge on any atom is 0.408 e. The molecule has 5 nitrogen and oxygen atoms in total. The summed E-state index contributed by atoms with van der Waals surface area (Å²) in [4.78, 5) is 15.6. The fourth-order valence-electron chi connectivity index (χ4n) is 1.32. The van der Waals surface area contributed by atoms with Crippen LogP contribution in [0.1, 0.15) is 32.4 Å². The summed E-state index contributed by atoms with van der Waals surface area (Å²) in [5, 5.41) is 11.9. The summed E-state index contributed by atoms with van der Waals surface area (Å²) in [5.41, 5.74) is 0.188. The van der Waals surface area contributed by atoms with Crippen LogP contribution in [-0.4, -0.2) is 28.4 Å². The summed E-state index contributed by atoms with van der Waals surface area (Å²) in [5.74, 6) is 0. The van der Waals surface area contributed by atoms with Gasteiger partial charge < -0.3 is 15.2 Å². The summed E-state index contributed by atoms with van der Waals surface area (Å²) in [6.45, 7) is 5.13. The highest BCUT2D eigenvalue weighted by molar-refractivity contribution is 9.10. The van der Waals surface area contributed by atoms with Crippen LogP contribution in [0.15, 0.2) is 22.9 Å². The number of carbonyl (C=O) groups is 1. The van der Waals surface area contributed by atoms with Gasteiger partial charge >= 0.3 is 6.09 Å². The van der Waals surface area contributed by atoms with Crippen LogP contribution in [0.2, 0.25) is 0 Å². The minimum absolute atomic E-state index is 0.213. The van der Waals surface area contributed by atoms with Crippen LogP contribution >= 0.6 is 15.9 Å². The number of ether oxygens (including phenoxy) is 1. The van der Waals surface area contributed by atoms with E-state index in [2.05, 4.69) is 26.2 Å². The molecule has 1 heterocycles.